The largest absolute Gasteiger partial charge is 0.514 e. The molecule has 1 aromatic carbocycles. The highest BCUT2D eigenvalue weighted by atomic mass is 28.4. The minimum absolute atomic E-state index is 0.0356. The second-order valence-corrected chi connectivity index (χ2v) is 23.2. The maximum atomic E-state index is 13.2. The molecule has 15 heteroatoms. The van der Waals surface area contributed by atoms with Gasteiger partial charge >= 0.3 is 11.8 Å². The van der Waals surface area contributed by atoms with Crippen LogP contribution in [0.5, 0.6) is 5.75 Å². The number of rotatable bonds is 8. The Labute approximate surface area is 258 Å². The van der Waals surface area contributed by atoms with Crippen LogP contribution >= 0.6 is 0 Å². The molecule has 4 atom stereocenters. The summed E-state index contributed by atoms with van der Waals surface area (Å²) in [4.78, 5) is 50.7. The van der Waals surface area contributed by atoms with Crippen molar-refractivity contribution in [3.63, 3.8) is 0 Å². The van der Waals surface area contributed by atoms with Crippen LogP contribution in [0.15, 0.2) is 46.1 Å². The van der Waals surface area contributed by atoms with Gasteiger partial charge in [0, 0.05) is 24.4 Å². The molecular weight excluding hydrogens is 607 g/mol. The molecule has 242 valence electrons. The maximum absolute atomic E-state index is 13.2. The molecule has 0 bridgehead atoms. The zero-order chi connectivity index (χ0) is 32.6. The van der Waals surface area contributed by atoms with Crippen molar-refractivity contribution in [1.29, 1.82) is 0 Å². The lowest BCUT2D eigenvalue weighted by molar-refractivity contribution is -0.384. The van der Waals surface area contributed by atoms with Crippen molar-refractivity contribution >= 4 is 28.5 Å². The zero-order valence-electron chi connectivity index (χ0n) is 26.5. The van der Waals surface area contributed by atoms with Crippen LogP contribution in [-0.4, -0.2) is 62.2 Å². The normalized spacial score (nSPS) is 24.6. The molecule has 0 saturated carbocycles. The summed E-state index contributed by atoms with van der Waals surface area (Å²) in [6, 6.07) is 6.18. The summed E-state index contributed by atoms with van der Waals surface area (Å²) in [6.45, 7) is 17.7. The van der Waals surface area contributed by atoms with Gasteiger partial charge in [-0.2, -0.15) is 0 Å². The van der Waals surface area contributed by atoms with E-state index < -0.39 is 63.5 Å². The molecule has 44 heavy (non-hydrogen) atoms. The van der Waals surface area contributed by atoms with Crippen molar-refractivity contribution in [2.45, 2.75) is 108 Å². The highest BCUT2D eigenvalue weighted by molar-refractivity contribution is 6.94. The lowest BCUT2D eigenvalue weighted by Crippen LogP contribution is -2.63. The summed E-state index contributed by atoms with van der Waals surface area (Å²) >= 11 is 0. The van der Waals surface area contributed by atoms with Gasteiger partial charge in [0.1, 0.15) is 18.0 Å². The molecule has 1 N–H and O–H groups in total. The van der Waals surface area contributed by atoms with Crippen molar-refractivity contribution in [2.75, 3.05) is 6.61 Å². The minimum atomic E-state index is -2.69. The molecule has 2 aromatic rings. The van der Waals surface area contributed by atoms with E-state index in [0.717, 1.165) is 5.67 Å². The number of nitro groups is 1. The monoisotopic (exact) mass is 649 g/mol. The van der Waals surface area contributed by atoms with Gasteiger partial charge in [0.15, 0.2) is 29.0 Å². The van der Waals surface area contributed by atoms with Crippen molar-refractivity contribution in [2.24, 2.45) is 0 Å². The van der Waals surface area contributed by atoms with Gasteiger partial charge in [0.2, 0.25) is 0 Å². The minimum Gasteiger partial charge on any atom is -0.423 e. The number of aromatic nitrogens is 2. The second kappa shape index (κ2) is 13.1. The fraction of sp³-hybridized carbons (Fsp3) is 0.621. The summed E-state index contributed by atoms with van der Waals surface area (Å²) in [5, 5.41) is 11.0. The van der Waals surface area contributed by atoms with Gasteiger partial charge in [-0.25, -0.2) is 9.59 Å². The van der Waals surface area contributed by atoms with Crippen LogP contribution in [0, 0.1) is 10.1 Å². The first-order chi connectivity index (χ1) is 20.6. The Hall–Kier alpha value is -3.12. The van der Waals surface area contributed by atoms with E-state index in [1.165, 1.54) is 41.1 Å². The molecule has 2 fully saturated rings. The number of ether oxygens (including phenoxy) is 3. The number of nitrogens with one attached hydrogen (secondary N) is 1. The highest BCUT2D eigenvalue weighted by Gasteiger charge is 2.61. The highest BCUT2D eigenvalue weighted by Crippen LogP contribution is 2.51. The van der Waals surface area contributed by atoms with Gasteiger partial charge < -0.3 is 23.1 Å². The SMILES string of the molecule is CC(C)[Si]1(C(C)C)C[Si](C(C)C)(C(C)C)OC2[C@@H](CO1)O[C@@H](n1ccc(=O)[nH]c1=O)[C@H]2OC(=O)Oc1ccc([N+](=O)[O-])cc1. The lowest BCUT2D eigenvalue weighted by atomic mass is 10.1. The predicted molar refractivity (Wildman–Crippen MR) is 167 cm³/mol. The predicted octanol–water partition coefficient (Wildman–Crippen LogP) is 5.41. The van der Waals surface area contributed by atoms with E-state index >= 15 is 0 Å². The summed E-state index contributed by atoms with van der Waals surface area (Å²) in [5.74, 6) is 0.0356. The second-order valence-electron chi connectivity index (χ2n) is 12.9. The van der Waals surface area contributed by atoms with E-state index in [-0.39, 0.29) is 29.1 Å². The number of nitrogens with zero attached hydrogens (tertiary/aromatic N) is 2. The van der Waals surface area contributed by atoms with Crippen molar-refractivity contribution in [3.05, 3.63) is 67.5 Å². The van der Waals surface area contributed by atoms with Crippen LogP contribution in [0.3, 0.4) is 0 Å². The molecule has 13 nitrogen and oxygen atoms in total. The Kier molecular flexibility index (Phi) is 10.0. The molecule has 4 rings (SSSR count). The Bertz CT molecular complexity index is 1440. The van der Waals surface area contributed by atoms with E-state index in [1.807, 2.05) is 0 Å². The zero-order valence-corrected chi connectivity index (χ0v) is 28.5. The molecule has 2 saturated heterocycles. The summed E-state index contributed by atoms with van der Waals surface area (Å²) in [5.41, 5.74) is 0.319. The fourth-order valence-electron chi connectivity index (χ4n) is 6.60. The molecule has 0 radical (unpaired) electrons. The van der Waals surface area contributed by atoms with Crippen LogP contribution in [0.4, 0.5) is 10.5 Å². The lowest BCUT2D eigenvalue weighted by Gasteiger charge is -2.51. The number of fused-ring (bicyclic) bond motifs is 1. The Morgan fingerprint density at radius 3 is 2.09 bits per heavy atom. The molecule has 0 spiro atoms. The first-order valence-electron chi connectivity index (χ1n) is 15.0. The molecule has 2 aliphatic rings. The Morgan fingerprint density at radius 1 is 0.977 bits per heavy atom. The molecule has 0 aliphatic carbocycles. The van der Waals surface area contributed by atoms with Crippen molar-refractivity contribution in [1.82, 2.24) is 9.55 Å². The number of aromatic amines is 1. The number of benzene rings is 1. The first kappa shape index (κ1) is 33.8. The molecule has 1 unspecified atom stereocenters. The molecule has 0 amide bonds. The number of carbonyl (C=O) groups excluding carboxylic acids is 1. The van der Waals surface area contributed by atoms with Crippen LogP contribution in [0.2, 0.25) is 27.8 Å². The van der Waals surface area contributed by atoms with E-state index in [1.54, 1.807) is 0 Å². The van der Waals surface area contributed by atoms with Crippen molar-refractivity contribution < 1.29 is 32.8 Å². The van der Waals surface area contributed by atoms with E-state index in [0.29, 0.717) is 11.1 Å². The maximum Gasteiger partial charge on any atom is 0.514 e. The molecular formula is C29H43N3O10Si2. The summed E-state index contributed by atoms with van der Waals surface area (Å²) in [6.07, 6.45) is -3.59. The topological polar surface area (TPSA) is 161 Å². The number of hydrogen-bond acceptors (Lipinski definition) is 10. The molecule has 1 aromatic heterocycles. The Morgan fingerprint density at radius 2 is 1.57 bits per heavy atom. The van der Waals surface area contributed by atoms with Gasteiger partial charge in [0.25, 0.3) is 11.2 Å². The number of non-ortho nitro benzene ring substituents is 1. The third-order valence-electron chi connectivity index (χ3n) is 9.23. The Balaban J connectivity index is 1.77. The fourth-order valence-corrected chi connectivity index (χ4v) is 22.5. The van der Waals surface area contributed by atoms with Crippen LogP contribution < -0.4 is 16.0 Å². The van der Waals surface area contributed by atoms with Crippen molar-refractivity contribution in [3.8, 4) is 5.75 Å². The van der Waals surface area contributed by atoms with Gasteiger partial charge in [-0.05, 0) is 40.0 Å². The third-order valence-corrected chi connectivity index (χ3v) is 22.9. The average molecular weight is 650 g/mol. The van der Waals surface area contributed by atoms with E-state index in [4.69, 9.17) is 23.1 Å². The standard InChI is InChI=1S/C29H43N3O10Si2/c1-17(2)43(18(3)4)16-44(19(5)6,20(7)8)42-25-23(15-38-43)40-27(31-14-13-24(33)30-28(31)34)26(25)41-29(35)39-22-11-9-21(10-12-22)32(36)37/h9-14,17-20,23,25-27H,15-16H2,1-8H3,(H,30,33,34)/t23-,25?,26+,27-/m1/s1. The summed E-state index contributed by atoms with van der Waals surface area (Å²) in [7, 11) is -5.11. The van der Waals surface area contributed by atoms with Crippen LogP contribution in [0.1, 0.15) is 61.6 Å². The van der Waals surface area contributed by atoms with Gasteiger partial charge in [-0.15, -0.1) is 0 Å². The number of nitro benzene ring substituents is 1. The first-order valence-corrected chi connectivity index (χ1v) is 19.6. The van der Waals surface area contributed by atoms with Gasteiger partial charge in [-0.3, -0.25) is 24.5 Å². The van der Waals surface area contributed by atoms with E-state index in [2.05, 4.69) is 60.4 Å². The average Bonchev–Trinajstić information content (AvgIpc) is 3.23. The quantitative estimate of drug-likeness (QED) is 0.129. The number of carbonyl (C=O) groups is 1. The molecule has 3 heterocycles. The smallest absolute Gasteiger partial charge is 0.423 e. The number of hydrogen-bond donors (Lipinski definition) is 1. The van der Waals surface area contributed by atoms with Crippen LogP contribution in [0.25, 0.3) is 0 Å². The number of H-pyrrole nitrogens is 1. The molecule has 2 aliphatic heterocycles. The van der Waals surface area contributed by atoms with E-state index in [9.17, 15) is 24.5 Å². The summed E-state index contributed by atoms with van der Waals surface area (Å²) < 4.78 is 33.1. The van der Waals surface area contributed by atoms with Gasteiger partial charge in [0.05, 0.1) is 11.5 Å². The van der Waals surface area contributed by atoms with Crippen LogP contribution in [-0.2, 0) is 18.3 Å². The van der Waals surface area contributed by atoms with Gasteiger partial charge in [-0.1, -0.05) is 55.4 Å². The third kappa shape index (κ3) is 6.47.